The molecule has 1 aliphatic rings. The summed E-state index contributed by atoms with van der Waals surface area (Å²) in [4.78, 5) is 38.4. The molecule has 0 saturated carbocycles. The van der Waals surface area contributed by atoms with Gasteiger partial charge < -0.3 is 5.32 Å². The highest BCUT2D eigenvalue weighted by Gasteiger charge is 2.31. The number of anilines is 1. The number of benzene rings is 3. The van der Waals surface area contributed by atoms with Crippen molar-refractivity contribution >= 4 is 33.0 Å². The number of nitrogens with one attached hydrogen (secondary N) is 1. The van der Waals surface area contributed by atoms with Crippen LogP contribution in [0.2, 0.25) is 0 Å². The van der Waals surface area contributed by atoms with Crippen LogP contribution >= 0.6 is 0 Å². The molecule has 1 N–H and O–H groups in total. The Hall–Kier alpha value is -3.58. The fraction of sp³-hybridized carbons (Fsp3) is 0.125. The van der Waals surface area contributed by atoms with E-state index in [0.29, 0.717) is 11.1 Å². The molecule has 0 aliphatic heterocycles. The summed E-state index contributed by atoms with van der Waals surface area (Å²) in [6, 6.07) is 19.4. The third-order valence-corrected chi connectivity index (χ3v) is 6.96. The maximum absolute atomic E-state index is 13.0. The summed E-state index contributed by atoms with van der Waals surface area (Å²) in [6.45, 7) is 0. The van der Waals surface area contributed by atoms with E-state index < -0.39 is 15.7 Å². The molecule has 0 bridgehead atoms. The molecule has 4 rings (SSSR count). The van der Waals surface area contributed by atoms with Gasteiger partial charge in [-0.3, -0.25) is 14.4 Å². The number of hydrogen-bond acceptors (Lipinski definition) is 5. The largest absolute Gasteiger partial charge is 0.325 e. The average molecular weight is 433 g/mol. The van der Waals surface area contributed by atoms with Crippen LogP contribution < -0.4 is 5.32 Å². The molecule has 0 heterocycles. The Morgan fingerprint density at radius 2 is 1.35 bits per heavy atom. The molecule has 0 spiro atoms. The van der Waals surface area contributed by atoms with Gasteiger partial charge in [0.05, 0.1) is 21.9 Å². The summed E-state index contributed by atoms with van der Waals surface area (Å²) >= 11 is 0. The van der Waals surface area contributed by atoms with E-state index in [-0.39, 0.29) is 51.9 Å². The van der Waals surface area contributed by atoms with Crippen molar-refractivity contribution in [1.82, 2.24) is 0 Å². The Morgan fingerprint density at radius 3 is 2.06 bits per heavy atom. The van der Waals surface area contributed by atoms with E-state index in [2.05, 4.69) is 5.32 Å². The van der Waals surface area contributed by atoms with Crippen molar-refractivity contribution < 1.29 is 22.8 Å². The van der Waals surface area contributed by atoms with E-state index >= 15 is 0 Å². The smallest absolute Gasteiger partial charge is 0.224 e. The van der Waals surface area contributed by atoms with Crippen LogP contribution in [0.25, 0.3) is 0 Å². The highest BCUT2D eigenvalue weighted by molar-refractivity contribution is 7.91. The molecule has 6 nitrogen and oxygen atoms in total. The number of carbonyl (C=O) groups excluding carboxylic acids is 3. The molecule has 31 heavy (non-hydrogen) atoms. The number of hydrogen-bond donors (Lipinski definition) is 1. The average Bonchev–Trinajstić information content (AvgIpc) is 2.78. The molecule has 156 valence electrons. The van der Waals surface area contributed by atoms with E-state index in [9.17, 15) is 22.8 Å². The Balaban J connectivity index is 1.48. The lowest BCUT2D eigenvalue weighted by molar-refractivity contribution is -0.116. The van der Waals surface area contributed by atoms with Crippen molar-refractivity contribution in [3.8, 4) is 0 Å². The first-order chi connectivity index (χ1) is 14.9. The monoisotopic (exact) mass is 433 g/mol. The molecule has 3 aromatic carbocycles. The SMILES string of the molecule is O=C(CCCS(=O)(=O)c1ccccc1)Nc1cccc2c1C(=O)c1ccccc1C2=O. The Kier molecular flexibility index (Phi) is 5.52. The van der Waals surface area contributed by atoms with Crippen LogP contribution in [0.1, 0.15) is 44.7 Å². The van der Waals surface area contributed by atoms with E-state index in [4.69, 9.17) is 0 Å². The molecule has 0 saturated heterocycles. The molecule has 0 fully saturated rings. The second kappa shape index (κ2) is 8.28. The van der Waals surface area contributed by atoms with E-state index in [0.717, 1.165) is 0 Å². The second-order valence-electron chi connectivity index (χ2n) is 7.22. The lowest BCUT2D eigenvalue weighted by atomic mass is 9.83. The van der Waals surface area contributed by atoms with Crippen molar-refractivity contribution in [3.05, 3.63) is 95.1 Å². The first-order valence-electron chi connectivity index (χ1n) is 9.77. The number of amides is 1. The van der Waals surface area contributed by atoms with Gasteiger partial charge in [0.1, 0.15) is 0 Å². The van der Waals surface area contributed by atoms with Gasteiger partial charge in [-0.25, -0.2) is 8.42 Å². The highest BCUT2D eigenvalue weighted by Crippen LogP contribution is 2.32. The number of sulfone groups is 1. The zero-order chi connectivity index (χ0) is 22.0. The Bertz CT molecular complexity index is 1300. The van der Waals surface area contributed by atoms with Gasteiger partial charge in [0, 0.05) is 23.1 Å². The molecular formula is C24H19NO5S. The van der Waals surface area contributed by atoms with Crippen LogP contribution in [0.3, 0.4) is 0 Å². The predicted octanol–water partition coefficient (Wildman–Crippen LogP) is 3.65. The molecule has 0 aromatic heterocycles. The van der Waals surface area contributed by atoms with Gasteiger partial charge in [0.2, 0.25) is 5.91 Å². The van der Waals surface area contributed by atoms with E-state index in [1.54, 1.807) is 60.7 Å². The minimum absolute atomic E-state index is 0.0333. The van der Waals surface area contributed by atoms with E-state index in [1.807, 2.05) is 0 Å². The zero-order valence-corrected chi connectivity index (χ0v) is 17.3. The van der Waals surface area contributed by atoms with Gasteiger partial charge in [-0.1, -0.05) is 54.6 Å². The first-order valence-corrected chi connectivity index (χ1v) is 11.4. The quantitative estimate of drug-likeness (QED) is 0.501. The van der Waals surface area contributed by atoms with Gasteiger partial charge in [-0.15, -0.1) is 0 Å². The summed E-state index contributed by atoms with van der Waals surface area (Å²) in [6.07, 6.45) is 0.0995. The van der Waals surface area contributed by atoms with Crippen LogP contribution in [0.15, 0.2) is 77.7 Å². The maximum atomic E-state index is 13.0. The van der Waals surface area contributed by atoms with Gasteiger partial charge in [0.15, 0.2) is 21.4 Å². The topological polar surface area (TPSA) is 97.4 Å². The van der Waals surface area contributed by atoms with Crippen molar-refractivity contribution in [2.24, 2.45) is 0 Å². The summed E-state index contributed by atoms with van der Waals surface area (Å²) in [5.74, 6) is -1.18. The lowest BCUT2D eigenvalue weighted by Crippen LogP contribution is -2.24. The number of ketones is 2. The van der Waals surface area contributed by atoms with Crippen molar-refractivity contribution in [2.75, 3.05) is 11.1 Å². The summed E-state index contributed by atoms with van der Waals surface area (Å²) in [7, 11) is -3.47. The number of carbonyl (C=O) groups is 3. The summed E-state index contributed by atoms with van der Waals surface area (Å²) < 4.78 is 24.7. The second-order valence-corrected chi connectivity index (χ2v) is 9.32. The molecule has 0 unspecified atom stereocenters. The first kappa shape index (κ1) is 20.7. The maximum Gasteiger partial charge on any atom is 0.224 e. The Labute approximate surface area is 179 Å². The van der Waals surface area contributed by atoms with Crippen LogP contribution in [0.4, 0.5) is 5.69 Å². The normalized spacial score (nSPS) is 12.8. The van der Waals surface area contributed by atoms with Gasteiger partial charge in [-0.05, 0) is 24.6 Å². The van der Waals surface area contributed by atoms with Crippen molar-refractivity contribution in [1.29, 1.82) is 0 Å². The molecular weight excluding hydrogens is 414 g/mol. The van der Waals surface area contributed by atoms with Gasteiger partial charge >= 0.3 is 0 Å². The summed E-state index contributed by atoms with van der Waals surface area (Å²) in [5.41, 5.74) is 1.30. The minimum Gasteiger partial charge on any atom is -0.325 e. The molecule has 0 radical (unpaired) electrons. The fourth-order valence-corrected chi connectivity index (χ4v) is 4.96. The van der Waals surface area contributed by atoms with Crippen LogP contribution in [-0.2, 0) is 14.6 Å². The van der Waals surface area contributed by atoms with Crippen molar-refractivity contribution in [3.63, 3.8) is 0 Å². The minimum atomic E-state index is -3.47. The van der Waals surface area contributed by atoms with Crippen LogP contribution in [0.5, 0.6) is 0 Å². The standard InChI is InChI=1S/C24H19NO5S/c26-21(14-7-15-31(29,30)16-8-2-1-3-9-16)25-20-13-6-12-19-22(20)24(28)18-11-5-4-10-17(18)23(19)27/h1-6,8-13H,7,14-15H2,(H,25,26). The molecule has 7 heteroatoms. The molecule has 1 amide bonds. The molecule has 0 atom stereocenters. The van der Waals surface area contributed by atoms with Gasteiger partial charge in [-0.2, -0.15) is 0 Å². The van der Waals surface area contributed by atoms with Crippen LogP contribution in [-0.4, -0.2) is 31.6 Å². The zero-order valence-electron chi connectivity index (χ0n) is 16.5. The van der Waals surface area contributed by atoms with Crippen LogP contribution in [0, 0.1) is 0 Å². The third kappa shape index (κ3) is 4.04. The Morgan fingerprint density at radius 1 is 0.742 bits per heavy atom. The predicted molar refractivity (Wildman–Crippen MR) is 116 cm³/mol. The molecule has 1 aliphatic carbocycles. The molecule has 3 aromatic rings. The fourth-order valence-electron chi connectivity index (χ4n) is 3.63. The van der Waals surface area contributed by atoms with Crippen molar-refractivity contribution in [2.45, 2.75) is 17.7 Å². The number of fused-ring (bicyclic) bond motifs is 2. The number of rotatable bonds is 6. The van der Waals surface area contributed by atoms with E-state index in [1.165, 1.54) is 12.1 Å². The third-order valence-electron chi connectivity index (χ3n) is 5.15. The highest BCUT2D eigenvalue weighted by atomic mass is 32.2. The van der Waals surface area contributed by atoms with Gasteiger partial charge in [0.25, 0.3) is 0 Å². The lowest BCUT2D eigenvalue weighted by Gasteiger charge is -2.20. The summed E-state index contributed by atoms with van der Waals surface area (Å²) in [5, 5.41) is 2.67.